The number of ether oxygens (including phenoxy) is 2. The lowest BCUT2D eigenvalue weighted by Crippen LogP contribution is -2.13. The Balaban J connectivity index is 1.99. The summed E-state index contributed by atoms with van der Waals surface area (Å²) < 4.78 is 50.7. The topological polar surface area (TPSA) is 114 Å². The first-order valence-electron chi connectivity index (χ1n) is 10.5. The Hall–Kier alpha value is -4.12. The molecule has 12 heteroatoms. The Morgan fingerprint density at radius 2 is 1.86 bits per heavy atom. The zero-order chi connectivity index (χ0) is 27.2. The molecule has 0 aromatic heterocycles. The summed E-state index contributed by atoms with van der Waals surface area (Å²) in [4.78, 5) is 23.0. The summed E-state index contributed by atoms with van der Waals surface area (Å²) in [6, 6.07) is 15.3. The molecule has 0 saturated carbocycles. The van der Waals surface area contributed by atoms with E-state index in [-0.39, 0.29) is 23.7 Å². The number of carbonyl (C=O) groups excluding carboxylic acids is 1. The number of alkyl halides is 3. The van der Waals surface area contributed by atoms with Gasteiger partial charge in [0.1, 0.15) is 11.6 Å². The third-order valence-electron chi connectivity index (χ3n) is 4.73. The number of halogens is 4. The molecule has 0 aliphatic heterocycles. The second kappa shape index (κ2) is 11.7. The van der Waals surface area contributed by atoms with Crippen molar-refractivity contribution in [2.45, 2.75) is 13.1 Å². The maximum Gasteiger partial charge on any atom is 0.416 e. The summed E-state index contributed by atoms with van der Waals surface area (Å²) in [7, 11) is 0. The largest absolute Gasteiger partial charge is 0.490 e. The molecule has 0 unspecified atom stereocenters. The highest BCUT2D eigenvalue weighted by Gasteiger charge is 2.33. The summed E-state index contributed by atoms with van der Waals surface area (Å²) in [5, 5.41) is 23.6. The van der Waals surface area contributed by atoms with Gasteiger partial charge in [-0.05, 0) is 77.6 Å². The van der Waals surface area contributed by atoms with Gasteiger partial charge in [0.2, 0.25) is 5.75 Å². The van der Waals surface area contributed by atoms with Crippen LogP contribution in [0.4, 0.5) is 24.5 Å². The van der Waals surface area contributed by atoms with Gasteiger partial charge >= 0.3 is 11.9 Å². The number of hydrogen-bond donors (Lipinski definition) is 1. The highest BCUT2D eigenvalue weighted by Crippen LogP contribution is 2.42. The molecule has 0 aliphatic rings. The van der Waals surface area contributed by atoms with Crippen LogP contribution in [0.5, 0.6) is 17.2 Å². The second-order valence-corrected chi connectivity index (χ2v) is 8.45. The van der Waals surface area contributed by atoms with Crippen LogP contribution in [0.25, 0.3) is 6.08 Å². The van der Waals surface area contributed by atoms with E-state index in [0.717, 1.165) is 6.07 Å². The van der Waals surface area contributed by atoms with Gasteiger partial charge in [-0.1, -0.05) is 18.2 Å². The number of anilines is 1. The number of nitriles is 1. The van der Waals surface area contributed by atoms with Crippen LogP contribution in [-0.4, -0.2) is 17.4 Å². The fraction of sp³-hybridized carbons (Fsp3) is 0.120. The smallest absolute Gasteiger partial charge is 0.416 e. The Morgan fingerprint density at radius 3 is 2.46 bits per heavy atom. The number of amides is 1. The summed E-state index contributed by atoms with van der Waals surface area (Å²) >= 11 is 1.85. The number of nitro groups is 1. The van der Waals surface area contributed by atoms with Crippen molar-refractivity contribution in [3.63, 3.8) is 0 Å². The number of benzene rings is 3. The maximum absolute atomic E-state index is 13.0. The molecule has 3 aromatic rings. The number of carbonyl (C=O) groups is 1. The lowest BCUT2D eigenvalue weighted by atomic mass is 10.1. The van der Waals surface area contributed by atoms with Gasteiger partial charge in [0.05, 0.1) is 20.7 Å². The quantitative estimate of drug-likeness (QED) is 0.0955. The summed E-state index contributed by atoms with van der Waals surface area (Å²) in [6.07, 6.45) is -3.44. The third-order valence-corrected chi connectivity index (χ3v) is 5.54. The molecule has 0 aliphatic carbocycles. The van der Waals surface area contributed by atoms with Crippen molar-refractivity contribution in [3.8, 4) is 23.3 Å². The number of nitrogens with zero attached hydrogens (tertiary/aromatic N) is 2. The number of nitrogens with one attached hydrogen (secondary N) is 1. The number of hydrogen-bond acceptors (Lipinski definition) is 6. The molecule has 8 nitrogen and oxygen atoms in total. The molecule has 0 saturated heterocycles. The van der Waals surface area contributed by atoms with E-state index in [1.165, 1.54) is 18.2 Å². The van der Waals surface area contributed by atoms with Crippen molar-refractivity contribution >= 4 is 45.9 Å². The van der Waals surface area contributed by atoms with Gasteiger partial charge in [0.25, 0.3) is 5.91 Å². The summed E-state index contributed by atoms with van der Waals surface area (Å²) in [6.45, 7) is 1.84. The molecule has 190 valence electrons. The Labute approximate surface area is 222 Å². The van der Waals surface area contributed by atoms with Gasteiger partial charge in [0.15, 0.2) is 11.5 Å². The van der Waals surface area contributed by atoms with E-state index in [4.69, 9.17) is 9.47 Å². The molecule has 0 atom stereocenters. The minimum atomic E-state index is -4.77. The number of rotatable bonds is 8. The predicted octanol–water partition coefficient (Wildman–Crippen LogP) is 6.95. The fourth-order valence-electron chi connectivity index (χ4n) is 3.10. The van der Waals surface area contributed by atoms with Crippen LogP contribution in [0.2, 0.25) is 0 Å². The highest BCUT2D eigenvalue weighted by molar-refractivity contribution is 14.1. The fourth-order valence-corrected chi connectivity index (χ4v) is 3.84. The molecule has 37 heavy (non-hydrogen) atoms. The molecule has 3 aromatic carbocycles. The molecule has 3 rings (SSSR count). The molecular weight excluding hydrogens is 606 g/mol. The van der Waals surface area contributed by atoms with Gasteiger partial charge in [-0.25, -0.2) is 0 Å². The van der Waals surface area contributed by atoms with Crippen molar-refractivity contribution in [3.05, 3.63) is 91.0 Å². The minimum absolute atomic E-state index is 0.0229. The molecule has 0 heterocycles. The van der Waals surface area contributed by atoms with E-state index in [1.54, 1.807) is 37.3 Å². The molecular formula is C25H17F3IN3O5. The predicted molar refractivity (Wildman–Crippen MR) is 137 cm³/mol. The van der Waals surface area contributed by atoms with Gasteiger partial charge < -0.3 is 14.8 Å². The molecule has 0 spiro atoms. The van der Waals surface area contributed by atoms with Crippen molar-refractivity contribution in [2.75, 3.05) is 11.9 Å². The van der Waals surface area contributed by atoms with E-state index < -0.39 is 34.0 Å². The average molecular weight is 623 g/mol. The van der Waals surface area contributed by atoms with Crippen molar-refractivity contribution in [2.24, 2.45) is 0 Å². The monoisotopic (exact) mass is 623 g/mol. The number of para-hydroxylation sites is 1. The molecule has 0 fully saturated rings. The lowest BCUT2D eigenvalue weighted by molar-refractivity contribution is -0.385. The first-order valence-corrected chi connectivity index (χ1v) is 11.6. The van der Waals surface area contributed by atoms with Crippen LogP contribution >= 0.6 is 22.6 Å². The van der Waals surface area contributed by atoms with Gasteiger partial charge in [0, 0.05) is 11.8 Å². The van der Waals surface area contributed by atoms with Crippen LogP contribution in [0.1, 0.15) is 18.1 Å². The third kappa shape index (κ3) is 6.98. The SMILES string of the molecule is CCOc1cc(/C=C(\C#N)C(=O)Nc2ccccc2)cc(I)c1Oc1ccc(C(F)(F)F)cc1[N+](=O)[O-]. The first kappa shape index (κ1) is 27.5. The van der Waals surface area contributed by atoms with Gasteiger partial charge in [-0.2, -0.15) is 18.4 Å². The molecule has 1 amide bonds. The van der Waals surface area contributed by atoms with Crippen LogP contribution in [0, 0.1) is 25.0 Å². The van der Waals surface area contributed by atoms with Crippen LogP contribution in [0.15, 0.2) is 66.2 Å². The van der Waals surface area contributed by atoms with Gasteiger partial charge in [-0.3, -0.25) is 14.9 Å². The van der Waals surface area contributed by atoms with Gasteiger partial charge in [-0.15, -0.1) is 0 Å². The van der Waals surface area contributed by atoms with E-state index in [2.05, 4.69) is 5.32 Å². The van der Waals surface area contributed by atoms with Crippen LogP contribution < -0.4 is 14.8 Å². The Kier molecular flexibility index (Phi) is 8.72. The lowest BCUT2D eigenvalue weighted by Gasteiger charge is -2.15. The maximum atomic E-state index is 13.0. The molecule has 0 bridgehead atoms. The Bertz CT molecular complexity index is 1400. The van der Waals surface area contributed by atoms with Crippen LogP contribution in [0.3, 0.4) is 0 Å². The van der Waals surface area contributed by atoms with E-state index >= 15 is 0 Å². The molecule has 1 N–H and O–H groups in total. The van der Waals surface area contributed by atoms with Crippen molar-refractivity contribution < 1.29 is 32.4 Å². The van der Waals surface area contributed by atoms with E-state index in [1.807, 2.05) is 28.7 Å². The minimum Gasteiger partial charge on any atom is -0.490 e. The summed E-state index contributed by atoms with van der Waals surface area (Å²) in [5.41, 5.74) is -1.37. The molecule has 0 radical (unpaired) electrons. The van der Waals surface area contributed by atoms with Crippen molar-refractivity contribution in [1.29, 1.82) is 5.26 Å². The average Bonchev–Trinajstić information content (AvgIpc) is 2.84. The zero-order valence-corrected chi connectivity index (χ0v) is 21.2. The van der Waals surface area contributed by atoms with E-state index in [0.29, 0.717) is 27.0 Å². The summed E-state index contributed by atoms with van der Waals surface area (Å²) in [5.74, 6) is -0.923. The number of nitro benzene ring substituents is 1. The van der Waals surface area contributed by atoms with Crippen molar-refractivity contribution in [1.82, 2.24) is 0 Å². The second-order valence-electron chi connectivity index (χ2n) is 7.29. The standard InChI is InChI=1S/C25H17F3IN3O5/c1-2-36-22-12-15(10-16(14-30)24(33)31-18-6-4-3-5-7-18)11-19(29)23(22)37-21-9-8-17(25(26,27)28)13-20(21)32(34)35/h3-13H,2H2,1H3,(H,31,33)/b16-10+. The zero-order valence-electron chi connectivity index (χ0n) is 19.0. The highest BCUT2D eigenvalue weighted by atomic mass is 127. The Morgan fingerprint density at radius 1 is 1.16 bits per heavy atom. The van der Waals surface area contributed by atoms with Crippen LogP contribution in [-0.2, 0) is 11.0 Å². The normalized spacial score (nSPS) is 11.4. The first-order chi connectivity index (χ1) is 17.5. The van der Waals surface area contributed by atoms with E-state index in [9.17, 15) is 33.3 Å².